The van der Waals surface area contributed by atoms with E-state index in [1.807, 2.05) is 60.2 Å². The molecular weight excluding hydrogens is 964 g/mol. The van der Waals surface area contributed by atoms with Gasteiger partial charge in [-0.05, 0) is 91.3 Å². The fraction of sp³-hybridized carbons (Fsp3) is 0.276. The minimum absolute atomic E-state index is 0. The Balaban J connectivity index is 0.00000642. The molecule has 1 aliphatic heterocycles. The van der Waals surface area contributed by atoms with Gasteiger partial charge in [0.1, 0.15) is 5.82 Å². The minimum Gasteiger partial charge on any atom is -0.509 e. The van der Waals surface area contributed by atoms with Crippen molar-refractivity contribution in [1.82, 2.24) is 9.55 Å². The Morgan fingerprint density at radius 1 is 0.594 bits per heavy atom. The summed E-state index contributed by atoms with van der Waals surface area (Å²) < 4.78 is 52.5. The van der Waals surface area contributed by atoms with Gasteiger partial charge in [0.05, 0.1) is 6.85 Å². The second-order valence-electron chi connectivity index (χ2n) is 20.9. The molecule has 0 aliphatic carbocycles. The van der Waals surface area contributed by atoms with E-state index in [2.05, 4.69) is 159 Å². The molecule has 3 heterocycles. The van der Waals surface area contributed by atoms with Crippen molar-refractivity contribution < 1.29 is 32.7 Å². The SMILES string of the molecule is [2H]c1c([2H])c([2H])c(-c2cccc3c2N(c2cc(C(C)(C)C)cc(C(C)(C)C)c2)[CH-]N3c2[c-]c(Oc3[c-]c4c(cc3)c3cc(C(C)(C)C)ccc3n4-c3cc(C(C)(C)C)ccn3)ccc2)c([2H])c1[2H].[Pt]. The van der Waals surface area contributed by atoms with Crippen LogP contribution in [0.2, 0.25) is 0 Å². The van der Waals surface area contributed by atoms with Gasteiger partial charge in [-0.1, -0.05) is 149 Å². The fourth-order valence-electron chi connectivity index (χ4n) is 8.26. The van der Waals surface area contributed by atoms with Gasteiger partial charge in [0.15, 0.2) is 0 Å². The molecule has 0 radical (unpaired) electrons. The first kappa shape index (κ1) is 38.8. The number of fused-ring (bicyclic) bond motifs is 4. The number of pyridine rings is 1. The van der Waals surface area contributed by atoms with Gasteiger partial charge in [-0.3, -0.25) is 0 Å². The maximum atomic E-state index is 9.05. The first-order valence-electron chi connectivity index (χ1n) is 24.3. The molecule has 0 spiro atoms. The van der Waals surface area contributed by atoms with Crippen LogP contribution in [0.15, 0.2) is 133 Å². The Kier molecular flexibility index (Phi) is 9.95. The van der Waals surface area contributed by atoms with E-state index >= 15 is 0 Å². The Bertz CT molecular complexity index is 3250. The number of aromatic nitrogens is 2. The summed E-state index contributed by atoms with van der Waals surface area (Å²) in [6.45, 7) is 28.5. The van der Waals surface area contributed by atoms with Crippen LogP contribution >= 0.6 is 0 Å². The van der Waals surface area contributed by atoms with Crippen molar-refractivity contribution in [2.75, 3.05) is 9.80 Å². The van der Waals surface area contributed by atoms with E-state index in [1.54, 1.807) is 0 Å². The van der Waals surface area contributed by atoms with Crippen LogP contribution in [-0.2, 0) is 42.7 Å². The predicted octanol–water partition coefficient (Wildman–Crippen LogP) is 15.8. The number of hydrogen-bond acceptors (Lipinski definition) is 4. The van der Waals surface area contributed by atoms with E-state index < -0.39 is 6.04 Å². The molecule has 0 unspecified atom stereocenters. The zero-order valence-electron chi connectivity index (χ0n) is 43.9. The van der Waals surface area contributed by atoms with Gasteiger partial charge in [0.25, 0.3) is 0 Å². The molecule has 0 N–H and O–H groups in total. The van der Waals surface area contributed by atoms with Crippen LogP contribution in [0.25, 0.3) is 38.8 Å². The van der Waals surface area contributed by atoms with E-state index in [0.717, 1.165) is 50.1 Å². The molecule has 0 saturated heterocycles. The van der Waals surface area contributed by atoms with Crippen molar-refractivity contribution in [3.05, 3.63) is 175 Å². The molecule has 0 amide bonds. The number of anilines is 4. The van der Waals surface area contributed by atoms with E-state index in [-0.39, 0.29) is 72.5 Å². The summed E-state index contributed by atoms with van der Waals surface area (Å²) in [6, 6.07) is 38.5. The van der Waals surface area contributed by atoms with E-state index in [4.69, 9.17) is 16.6 Å². The third kappa shape index (κ3) is 8.52. The normalized spacial score (nSPS) is 14.5. The summed E-state index contributed by atoms with van der Waals surface area (Å²) in [7, 11) is 0. The van der Waals surface area contributed by atoms with Crippen LogP contribution < -0.4 is 14.5 Å². The van der Waals surface area contributed by atoms with Crippen LogP contribution in [0, 0.1) is 18.8 Å². The molecule has 0 atom stereocenters. The molecule has 9 rings (SSSR count). The molecule has 6 heteroatoms. The summed E-state index contributed by atoms with van der Waals surface area (Å²) in [5, 5.41) is 2.16. The van der Waals surface area contributed by atoms with E-state index in [0.29, 0.717) is 28.4 Å². The predicted molar refractivity (Wildman–Crippen MR) is 264 cm³/mol. The summed E-state index contributed by atoms with van der Waals surface area (Å²) in [5.74, 6) is 1.80. The first-order valence-corrected chi connectivity index (χ1v) is 21.8. The van der Waals surface area contributed by atoms with Gasteiger partial charge in [-0.2, -0.15) is 12.1 Å². The van der Waals surface area contributed by atoms with Gasteiger partial charge >= 0.3 is 0 Å². The van der Waals surface area contributed by atoms with E-state index in [1.165, 1.54) is 11.1 Å². The standard InChI is InChI=1S/C58H59N4O.Pt/c1-55(2,3)39-24-27-50-49(33-39)48-26-25-46(36-52(48)62(50)53-34-40(28-29-59-53)56(4,5)6)63-45-21-16-20-43(35-45)60-37-61(44-31-41(57(7,8)9)30-42(32-44)58(10,11)12)54-47(22-17-23-51(54)60)38-18-14-13-15-19-38;/h13-34,37H,1-12H3;/q-3;/i13D,14D,15D,18D,19D;. The Morgan fingerprint density at radius 3 is 1.91 bits per heavy atom. The average Bonchev–Trinajstić information content (AvgIpc) is 3.83. The topological polar surface area (TPSA) is 33.5 Å². The number of ether oxygens (including phenoxy) is 1. The van der Waals surface area contributed by atoms with Crippen molar-refractivity contribution in [2.45, 2.75) is 105 Å². The van der Waals surface area contributed by atoms with Crippen molar-refractivity contribution >= 4 is 44.6 Å². The maximum Gasteiger partial charge on any atom is 0.135 e. The Morgan fingerprint density at radius 2 is 1.23 bits per heavy atom. The Labute approximate surface area is 402 Å². The molecule has 2 aromatic heterocycles. The maximum absolute atomic E-state index is 9.05. The van der Waals surface area contributed by atoms with Gasteiger partial charge in [-0.25, -0.2) is 4.98 Å². The number of para-hydroxylation sites is 1. The molecule has 0 fully saturated rings. The summed E-state index contributed by atoms with van der Waals surface area (Å²) >= 11 is 0. The number of rotatable bonds is 6. The third-order valence-electron chi connectivity index (χ3n) is 12.0. The smallest absolute Gasteiger partial charge is 0.135 e. The molecule has 5 nitrogen and oxygen atoms in total. The van der Waals surface area contributed by atoms with Crippen LogP contribution in [0.5, 0.6) is 11.5 Å². The van der Waals surface area contributed by atoms with Gasteiger partial charge in [0.2, 0.25) is 0 Å². The molecule has 0 saturated carbocycles. The molecule has 6 aromatic carbocycles. The molecular formula is C58H59N4OPt-3. The van der Waals surface area contributed by atoms with Crippen LogP contribution in [0.4, 0.5) is 22.7 Å². The van der Waals surface area contributed by atoms with Crippen molar-refractivity contribution in [1.29, 1.82) is 0 Å². The fourth-order valence-corrected chi connectivity index (χ4v) is 8.26. The summed E-state index contributed by atoms with van der Waals surface area (Å²) in [6.07, 6.45) is 1.88. The second kappa shape index (κ2) is 16.4. The zero-order valence-corrected chi connectivity index (χ0v) is 41.2. The third-order valence-corrected chi connectivity index (χ3v) is 12.0. The molecule has 330 valence electrons. The minimum atomic E-state index is -0.431. The second-order valence-corrected chi connectivity index (χ2v) is 20.9. The number of hydrogen-bond donors (Lipinski definition) is 0. The summed E-state index contributed by atoms with van der Waals surface area (Å²) in [5.41, 5.74) is 9.76. The Hall–Kier alpha value is -5.64. The van der Waals surface area contributed by atoms with Gasteiger partial charge in [-0.15, -0.1) is 48.1 Å². The summed E-state index contributed by atoms with van der Waals surface area (Å²) in [4.78, 5) is 8.99. The number of nitrogens with zero attached hydrogens (tertiary/aromatic N) is 4. The zero-order chi connectivity index (χ0) is 49.0. The molecule has 0 bridgehead atoms. The molecule has 64 heavy (non-hydrogen) atoms. The van der Waals surface area contributed by atoms with Gasteiger partial charge in [0, 0.05) is 66.9 Å². The molecule has 8 aromatic rings. The van der Waals surface area contributed by atoms with Crippen molar-refractivity contribution in [3.8, 4) is 28.4 Å². The first-order chi connectivity index (χ1) is 31.8. The van der Waals surface area contributed by atoms with E-state index in [9.17, 15) is 0 Å². The van der Waals surface area contributed by atoms with Crippen molar-refractivity contribution in [3.63, 3.8) is 0 Å². The number of benzene rings is 6. The van der Waals surface area contributed by atoms with Crippen molar-refractivity contribution in [2.24, 2.45) is 0 Å². The monoisotopic (exact) mass is 1030 g/mol. The quantitative estimate of drug-likeness (QED) is 0.155. The molecule has 1 aliphatic rings. The van der Waals surface area contributed by atoms with Crippen LogP contribution in [-0.4, -0.2) is 9.55 Å². The van der Waals surface area contributed by atoms with Crippen LogP contribution in [0.1, 0.15) is 112 Å². The largest absolute Gasteiger partial charge is 0.509 e. The van der Waals surface area contributed by atoms with Crippen LogP contribution in [0.3, 0.4) is 0 Å². The average molecular weight is 1030 g/mol. The van der Waals surface area contributed by atoms with Gasteiger partial charge < -0.3 is 19.1 Å².